The number of anilines is 1. The number of aromatic nitrogens is 2. The maximum absolute atomic E-state index is 5.98. The summed E-state index contributed by atoms with van der Waals surface area (Å²) in [4.78, 5) is 0. The summed E-state index contributed by atoms with van der Waals surface area (Å²) in [6.07, 6.45) is 1.81. The highest BCUT2D eigenvalue weighted by atomic mass is 16.5. The summed E-state index contributed by atoms with van der Waals surface area (Å²) in [6, 6.07) is 10.2. The summed E-state index contributed by atoms with van der Waals surface area (Å²) < 4.78 is 6.81. The van der Waals surface area contributed by atoms with Crippen LogP contribution in [-0.2, 0) is 17.6 Å². The molecular formula is C14H19N3O. The molecule has 4 heteroatoms. The molecule has 0 radical (unpaired) electrons. The Kier molecular flexibility index (Phi) is 3.99. The Balaban J connectivity index is 2.23. The summed E-state index contributed by atoms with van der Waals surface area (Å²) >= 11 is 0. The fourth-order valence-corrected chi connectivity index (χ4v) is 1.86. The van der Waals surface area contributed by atoms with E-state index in [9.17, 15) is 0 Å². The number of hydrogen-bond donors (Lipinski definition) is 1. The van der Waals surface area contributed by atoms with Gasteiger partial charge in [0.05, 0.1) is 18.0 Å². The van der Waals surface area contributed by atoms with Gasteiger partial charge in [0.15, 0.2) is 0 Å². The molecule has 0 aliphatic heterocycles. The van der Waals surface area contributed by atoms with E-state index in [-0.39, 0.29) is 0 Å². The molecule has 2 rings (SSSR count). The van der Waals surface area contributed by atoms with Crippen molar-refractivity contribution in [3.8, 4) is 5.69 Å². The lowest BCUT2D eigenvalue weighted by atomic mass is 10.1. The molecular weight excluding hydrogens is 226 g/mol. The third kappa shape index (κ3) is 2.71. The number of nitrogen functional groups attached to an aromatic ring is 1. The largest absolute Gasteiger partial charge is 0.384 e. The maximum atomic E-state index is 5.98. The van der Waals surface area contributed by atoms with Gasteiger partial charge in [-0.3, -0.25) is 0 Å². The van der Waals surface area contributed by atoms with E-state index >= 15 is 0 Å². The van der Waals surface area contributed by atoms with Crippen molar-refractivity contribution >= 4 is 5.82 Å². The first-order valence-corrected chi connectivity index (χ1v) is 6.17. The molecule has 0 aliphatic rings. The summed E-state index contributed by atoms with van der Waals surface area (Å²) in [6.45, 7) is 2.80. The highest BCUT2D eigenvalue weighted by Gasteiger charge is 2.06. The second-order valence-electron chi connectivity index (χ2n) is 4.24. The number of hydrogen-bond acceptors (Lipinski definition) is 3. The van der Waals surface area contributed by atoms with Crippen molar-refractivity contribution in [3.63, 3.8) is 0 Å². The number of nitrogens with two attached hydrogens (primary N) is 1. The van der Waals surface area contributed by atoms with Gasteiger partial charge in [0.25, 0.3) is 0 Å². The molecule has 0 saturated heterocycles. The van der Waals surface area contributed by atoms with Gasteiger partial charge in [-0.1, -0.05) is 19.1 Å². The molecule has 0 fully saturated rings. The molecule has 1 aromatic carbocycles. The minimum Gasteiger partial charge on any atom is -0.384 e. The first kappa shape index (κ1) is 12.6. The van der Waals surface area contributed by atoms with E-state index in [0.29, 0.717) is 12.4 Å². The van der Waals surface area contributed by atoms with Gasteiger partial charge in [0.1, 0.15) is 5.82 Å². The summed E-state index contributed by atoms with van der Waals surface area (Å²) in [5, 5.41) is 4.48. The van der Waals surface area contributed by atoms with Gasteiger partial charge in [-0.2, -0.15) is 5.10 Å². The third-order valence-electron chi connectivity index (χ3n) is 2.94. The highest BCUT2D eigenvalue weighted by molar-refractivity contribution is 5.43. The molecule has 1 heterocycles. The normalized spacial score (nSPS) is 10.8. The molecule has 96 valence electrons. The van der Waals surface area contributed by atoms with E-state index < -0.39 is 0 Å². The minimum absolute atomic E-state index is 0.658. The van der Waals surface area contributed by atoms with Crippen LogP contribution in [0.3, 0.4) is 0 Å². The van der Waals surface area contributed by atoms with Gasteiger partial charge in [-0.05, 0) is 24.1 Å². The quantitative estimate of drug-likeness (QED) is 0.878. The van der Waals surface area contributed by atoms with Crippen molar-refractivity contribution in [2.75, 3.05) is 19.5 Å². The molecule has 0 atom stereocenters. The molecule has 2 N–H and O–H groups in total. The SMILES string of the molecule is CCc1ccc(-n2nc(CCOC)cc2N)cc1. The van der Waals surface area contributed by atoms with Crippen LogP contribution in [0.15, 0.2) is 30.3 Å². The van der Waals surface area contributed by atoms with Crippen molar-refractivity contribution in [1.29, 1.82) is 0 Å². The lowest BCUT2D eigenvalue weighted by molar-refractivity contribution is 0.201. The topological polar surface area (TPSA) is 53.1 Å². The Bertz CT molecular complexity index is 502. The van der Waals surface area contributed by atoms with Crippen LogP contribution in [0.5, 0.6) is 0 Å². The standard InChI is InChI=1S/C14H19N3O/c1-3-11-4-6-13(7-5-11)17-14(15)10-12(16-17)8-9-18-2/h4-7,10H,3,8-9,15H2,1-2H3. The smallest absolute Gasteiger partial charge is 0.127 e. The second-order valence-corrected chi connectivity index (χ2v) is 4.24. The number of methoxy groups -OCH3 is 1. The second kappa shape index (κ2) is 5.69. The van der Waals surface area contributed by atoms with Gasteiger partial charge in [0, 0.05) is 19.6 Å². The number of nitrogens with zero attached hydrogens (tertiary/aromatic N) is 2. The Hall–Kier alpha value is -1.81. The van der Waals surface area contributed by atoms with Crippen molar-refractivity contribution in [2.45, 2.75) is 19.8 Å². The van der Waals surface area contributed by atoms with Crippen LogP contribution in [0, 0.1) is 0 Å². The monoisotopic (exact) mass is 245 g/mol. The van der Waals surface area contributed by atoms with Crippen molar-refractivity contribution in [1.82, 2.24) is 9.78 Å². The van der Waals surface area contributed by atoms with E-state index in [1.165, 1.54) is 5.56 Å². The van der Waals surface area contributed by atoms with Crippen LogP contribution in [-0.4, -0.2) is 23.5 Å². The third-order valence-corrected chi connectivity index (χ3v) is 2.94. The molecule has 0 spiro atoms. The summed E-state index contributed by atoms with van der Waals surface area (Å²) in [7, 11) is 1.68. The molecule has 0 aliphatic carbocycles. The lowest BCUT2D eigenvalue weighted by Gasteiger charge is -2.04. The van der Waals surface area contributed by atoms with Crippen LogP contribution in [0.4, 0.5) is 5.82 Å². The fraction of sp³-hybridized carbons (Fsp3) is 0.357. The van der Waals surface area contributed by atoms with Crippen LogP contribution in [0.1, 0.15) is 18.2 Å². The molecule has 0 unspecified atom stereocenters. The molecule has 0 amide bonds. The number of ether oxygens (including phenoxy) is 1. The molecule has 0 saturated carbocycles. The van der Waals surface area contributed by atoms with E-state index in [0.717, 1.165) is 24.2 Å². The van der Waals surface area contributed by atoms with Crippen LogP contribution >= 0.6 is 0 Å². The molecule has 0 bridgehead atoms. The Morgan fingerprint density at radius 1 is 1.28 bits per heavy atom. The zero-order valence-electron chi connectivity index (χ0n) is 10.9. The Labute approximate surface area is 107 Å². The van der Waals surface area contributed by atoms with E-state index in [4.69, 9.17) is 10.5 Å². The molecule has 4 nitrogen and oxygen atoms in total. The zero-order chi connectivity index (χ0) is 13.0. The predicted molar refractivity (Wildman–Crippen MR) is 72.9 cm³/mol. The molecule has 2 aromatic rings. The Morgan fingerprint density at radius 3 is 2.61 bits per heavy atom. The number of rotatable bonds is 5. The summed E-state index contributed by atoms with van der Waals surface area (Å²) in [5.41, 5.74) is 9.23. The average molecular weight is 245 g/mol. The van der Waals surface area contributed by atoms with Crippen LogP contribution < -0.4 is 5.73 Å². The minimum atomic E-state index is 0.658. The average Bonchev–Trinajstić information content (AvgIpc) is 2.78. The fourth-order valence-electron chi connectivity index (χ4n) is 1.86. The molecule has 18 heavy (non-hydrogen) atoms. The van der Waals surface area contributed by atoms with Crippen LogP contribution in [0.2, 0.25) is 0 Å². The van der Waals surface area contributed by atoms with E-state index in [1.807, 2.05) is 18.2 Å². The summed E-state index contributed by atoms with van der Waals surface area (Å²) in [5.74, 6) is 0.658. The first-order chi connectivity index (χ1) is 8.74. The van der Waals surface area contributed by atoms with Crippen molar-refractivity contribution < 1.29 is 4.74 Å². The number of aryl methyl sites for hydroxylation is 1. The number of benzene rings is 1. The van der Waals surface area contributed by atoms with Crippen LogP contribution in [0.25, 0.3) is 5.69 Å². The van der Waals surface area contributed by atoms with Gasteiger partial charge in [-0.15, -0.1) is 0 Å². The zero-order valence-corrected chi connectivity index (χ0v) is 10.9. The highest BCUT2D eigenvalue weighted by Crippen LogP contribution is 2.15. The van der Waals surface area contributed by atoms with Gasteiger partial charge < -0.3 is 10.5 Å². The van der Waals surface area contributed by atoms with E-state index in [2.05, 4.69) is 24.2 Å². The Morgan fingerprint density at radius 2 is 2.00 bits per heavy atom. The molecule has 1 aromatic heterocycles. The predicted octanol–water partition coefficient (Wildman–Crippen LogP) is 2.21. The van der Waals surface area contributed by atoms with Gasteiger partial charge in [-0.25, -0.2) is 4.68 Å². The van der Waals surface area contributed by atoms with Gasteiger partial charge in [0.2, 0.25) is 0 Å². The first-order valence-electron chi connectivity index (χ1n) is 6.17. The van der Waals surface area contributed by atoms with Gasteiger partial charge >= 0.3 is 0 Å². The maximum Gasteiger partial charge on any atom is 0.127 e. The van der Waals surface area contributed by atoms with Crippen molar-refractivity contribution in [3.05, 3.63) is 41.6 Å². The lowest BCUT2D eigenvalue weighted by Crippen LogP contribution is -2.02. The van der Waals surface area contributed by atoms with Crippen molar-refractivity contribution in [2.24, 2.45) is 0 Å². The van der Waals surface area contributed by atoms with E-state index in [1.54, 1.807) is 11.8 Å².